The zero-order chi connectivity index (χ0) is 11.2. The lowest BCUT2D eigenvalue weighted by atomic mass is 10.2. The smallest absolute Gasteiger partial charge is 0.239 e. The van der Waals surface area contributed by atoms with E-state index in [9.17, 15) is 4.79 Å². The number of thiazole rings is 1. The van der Waals surface area contributed by atoms with Gasteiger partial charge in [-0.15, -0.1) is 11.3 Å². The van der Waals surface area contributed by atoms with Gasteiger partial charge in [-0.05, 0) is 12.8 Å². The maximum Gasteiger partial charge on any atom is 0.239 e. The molecule has 1 aliphatic rings. The predicted octanol–water partition coefficient (Wildman–Crippen LogP) is 0.850. The predicted molar refractivity (Wildman–Crippen MR) is 62.6 cm³/mol. The van der Waals surface area contributed by atoms with Crippen molar-refractivity contribution in [3.05, 3.63) is 11.6 Å². The van der Waals surface area contributed by atoms with E-state index in [-0.39, 0.29) is 18.6 Å². The average molecular weight is 241 g/mol. The molecule has 1 unspecified atom stereocenters. The summed E-state index contributed by atoms with van der Waals surface area (Å²) in [6.07, 6.45) is 4.04. The molecule has 1 saturated heterocycles. The molecule has 5 nitrogen and oxygen atoms in total. The molecule has 2 N–H and O–H groups in total. The van der Waals surface area contributed by atoms with Crippen molar-refractivity contribution in [2.45, 2.75) is 18.9 Å². The van der Waals surface area contributed by atoms with Crippen molar-refractivity contribution in [3.8, 4) is 0 Å². The van der Waals surface area contributed by atoms with Crippen molar-refractivity contribution >= 4 is 22.4 Å². The Morgan fingerprint density at radius 2 is 2.62 bits per heavy atom. The standard InChI is InChI=1S/C10H15N3O2S/c14-9(7-13-10-11-3-5-16-10)12-6-8-2-1-4-15-8/h3,5,8H,1-2,4,6-7H2,(H,11,13)(H,12,14). The molecule has 2 heterocycles. The third-order valence-corrected chi connectivity index (χ3v) is 3.11. The number of nitrogens with one attached hydrogen (secondary N) is 2. The Morgan fingerprint density at radius 1 is 1.69 bits per heavy atom. The van der Waals surface area contributed by atoms with E-state index >= 15 is 0 Å². The summed E-state index contributed by atoms with van der Waals surface area (Å²) in [4.78, 5) is 15.5. The molecule has 88 valence electrons. The number of hydrogen-bond donors (Lipinski definition) is 2. The van der Waals surface area contributed by atoms with E-state index in [0.717, 1.165) is 24.6 Å². The number of anilines is 1. The normalized spacial score (nSPS) is 19.6. The third kappa shape index (κ3) is 3.46. The monoisotopic (exact) mass is 241 g/mol. The number of hydrogen-bond acceptors (Lipinski definition) is 5. The number of ether oxygens (including phenoxy) is 1. The lowest BCUT2D eigenvalue weighted by Gasteiger charge is -2.10. The van der Waals surface area contributed by atoms with Gasteiger partial charge in [0.25, 0.3) is 0 Å². The molecule has 6 heteroatoms. The van der Waals surface area contributed by atoms with Crippen molar-refractivity contribution in [3.63, 3.8) is 0 Å². The molecule has 0 saturated carbocycles. The van der Waals surface area contributed by atoms with Gasteiger partial charge >= 0.3 is 0 Å². The van der Waals surface area contributed by atoms with Crippen molar-refractivity contribution in [1.29, 1.82) is 0 Å². The quantitative estimate of drug-likeness (QED) is 0.802. The lowest BCUT2D eigenvalue weighted by molar-refractivity contribution is -0.119. The SMILES string of the molecule is O=C(CNc1nccs1)NCC1CCCO1. The first-order valence-corrected chi connectivity index (χ1v) is 6.24. The highest BCUT2D eigenvalue weighted by atomic mass is 32.1. The molecule has 0 aliphatic carbocycles. The van der Waals surface area contributed by atoms with Crippen molar-refractivity contribution < 1.29 is 9.53 Å². The third-order valence-electron chi connectivity index (χ3n) is 2.38. The van der Waals surface area contributed by atoms with Crippen molar-refractivity contribution in [1.82, 2.24) is 10.3 Å². The fourth-order valence-electron chi connectivity index (χ4n) is 1.56. The first-order chi connectivity index (χ1) is 7.84. The summed E-state index contributed by atoms with van der Waals surface area (Å²) >= 11 is 1.48. The second kappa shape index (κ2) is 5.81. The van der Waals surface area contributed by atoms with Crippen LogP contribution < -0.4 is 10.6 Å². The van der Waals surface area contributed by atoms with E-state index in [1.54, 1.807) is 6.20 Å². The molecule has 1 aromatic heterocycles. The maximum atomic E-state index is 11.4. The molecule has 16 heavy (non-hydrogen) atoms. The highest BCUT2D eigenvalue weighted by molar-refractivity contribution is 7.13. The van der Waals surface area contributed by atoms with Crippen LogP contribution in [0.1, 0.15) is 12.8 Å². The molecule has 1 amide bonds. The fraction of sp³-hybridized carbons (Fsp3) is 0.600. The van der Waals surface area contributed by atoms with Crippen LogP contribution in [-0.4, -0.2) is 36.7 Å². The lowest BCUT2D eigenvalue weighted by Crippen LogP contribution is -2.35. The zero-order valence-electron chi connectivity index (χ0n) is 8.94. The van der Waals surface area contributed by atoms with Gasteiger partial charge in [-0.2, -0.15) is 0 Å². The Bertz CT molecular complexity index is 323. The summed E-state index contributed by atoms with van der Waals surface area (Å²) in [5, 5.41) is 8.43. The minimum absolute atomic E-state index is 0.0225. The van der Waals surface area contributed by atoms with Crippen LogP contribution in [0.15, 0.2) is 11.6 Å². The fourth-order valence-corrected chi connectivity index (χ4v) is 2.09. The van der Waals surface area contributed by atoms with E-state index in [2.05, 4.69) is 15.6 Å². The molecule has 2 rings (SSSR count). The van der Waals surface area contributed by atoms with Crippen LogP contribution in [0.2, 0.25) is 0 Å². The number of carbonyl (C=O) groups is 1. The van der Waals surface area contributed by atoms with E-state index in [1.165, 1.54) is 11.3 Å². The van der Waals surface area contributed by atoms with Crippen LogP contribution in [0, 0.1) is 0 Å². The van der Waals surface area contributed by atoms with Crippen LogP contribution in [0.5, 0.6) is 0 Å². The van der Waals surface area contributed by atoms with Gasteiger partial charge in [0.15, 0.2) is 5.13 Å². The zero-order valence-corrected chi connectivity index (χ0v) is 9.76. The molecular weight excluding hydrogens is 226 g/mol. The second-order valence-electron chi connectivity index (χ2n) is 3.63. The molecule has 0 aromatic carbocycles. The molecule has 1 aliphatic heterocycles. The number of nitrogens with zero attached hydrogens (tertiary/aromatic N) is 1. The number of carbonyl (C=O) groups excluding carboxylic acids is 1. The van der Waals surface area contributed by atoms with Gasteiger partial charge in [0, 0.05) is 24.7 Å². The molecule has 0 bridgehead atoms. The Labute approximate surface area is 98.2 Å². The molecule has 0 spiro atoms. The van der Waals surface area contributed by atoms with Crippen LogP contribution in [-0.2, 0) is 9.53 Å². The summed E-state index contributed by atoms with van der Waals surface area (Å²) in [5.74, 6) is -0.0225. The van der Waals surface area contributed by atoms with Gasteiger partial charge < -0.3 is 15.4 Å². The molecular formula is C10H15N3O2S. The van der Waals surface area contributed by atoms with E-state index in [1.807, 2.05) is 5.38 Å². The van der Waals surface area contributed by atoms with Gasteiger partial charge in [-0.1, -0.05) is 0 Å². The van der Waals surface area contributed by atoms with E-state index in [4.69, 9.17) is 4.74 Å². The van der Waals surface area contributed by atoms with E-state index < -0.39 is 0 Å². The van der Waals surface area contributed by atoms with Gasteiger partial charge in [0.2, 0.25) is 5.91 Å². The number of aromatic nitrogens is 1. The Balaban J connectivity index is 1.60. The van der Waals surface area contributed by atoms with Gasteiger partial charge in [-0.3, -0.25) is 4.79 Å². The minimum Gasteiger partial charge on any atom is -0.376 e. The van der Waals surface area contributed by atoms with Crippen LogP contribution >= 0.6 is 11.3 Å². The van der Waals surface area contributed by atoms with E-state index in [0.29, 0.717) is 6.54 Å². The van der Waals surface area contributed by atoms with Gasteiger partial charge in [0.1, 0.15) is 0 Å². The van der Waals surface area contributed by atoms with Gasteiger partial charge in [0.05, 0.1) is 12.6 Å². The highest BCUT2D eigenvalue weighted by Crippen LogP contribution is 2.11. The molecule has 1 fully saturated rings. The largest absolute Gasteiger partial charge is 0.376 e. The van der Waals surface area contributed by atoms with Crippen LogP contribution in [0.3, 0.4) is 0 Å². The second-order valence-corrected chi connectivity index (χ2v) is 4.52. The van der Waals surface area contributed by atoms with Crippen molar-refractivity contribution in [2.75, 3.05) is 25.0 Å². The minimum atomic E-state index is -0.0225. The number of rotatable bonds is 5. The summed E-state index contributed by atoms with van der Waals surface area (Å²) < 4.78 is 5.41. The molecule has 1 atom stereocenters. The van der Waals surface area contributed by atoms with Crippen LogP contribution in [0.25, 0.3) is 0 Å². The first kappa shape index (κ1) is 11.3. The summed E-state index contributed by atoms with van der Waals surface area (Å²) in [6.45, 7) is 1.69. The molecule has 1 aromatic rings. The first-order valence-electron chi connectivity index (χ1n) is 5.36. The Kier molecular flexibility index (Phi) is 4.12. The maximum absolute atomic E-state index is 11.4. The van der Waals surface area contributed by atoms with Gasteiger partial charge in [-0.25, -0.2) is 4.98 Å². The number of amides is 1. The Hall–Kier alpha value is -1.14. The summed E-state index contributed by atoms with van der Waals surface area (Å²) in [7, 11) is 0. The topological polar surface area (TPSA) is 63.2 Å². The van der Waals surface area contributed by atoms with Crippen molar-refractivity contribution in [2.24, 2.45) is 0 Å². The summed E-state index contributed by atoms with van der Waals surface area (Å²) in [5.41, 5.74) is 0. The van der Waals surface area contributed by atoms with Crippen LogP contribution in [0.4, 0.5) is 5.13 Å². The summed E-state index contributed by atoms with van der Waals surface area (Å²) in [6, 6.07) is 0. The average Bonchev–Trinajstić information content (AvgIpc) is 2.96. The Morgan fingerprint density at radius 3 is 3.31 bits per heavy atom. The highest BCUT2D eigenvalue weighted by Gasteiger charge is 2.15. The molecule has 0 radical (unpaired) electrons.